The first-order chi connectivity index (χ1) is 12.7. The summed E-state index contributed by atoms with van der Waals surface area (Å²) in [7, 11) is 0. The first-order valence-electron chi connectivity index (χ1n) is 9.56. The molecule has 4 rings (SSSR count). The van der Waals surface area contributed by atoms with Crippen molar-refractivity contribution in [2.24, 2.45) is 5.41 Å². The summed E-state index contributed by atoms with van der Waals surface area (Å²) in [6.07, 6.45) is 4.88. The van der Waals surface area contributed by atoms with E-state index in [1.54, 1.807) is 6.20 Å². The Morgan fingerprint density at radius 2 is 2.27 bits per heavy atom. The molecular weight excluding hydrogens is 328 g/mol. The lowest BCUT2D eigenvalue weighted by molar-refractivity contribution is -0.146. The third-order valence-corrected chi connectivity index (χ3v) is 5.75. The maximum Gasteiger partial charge on any atom is 0.254 e. The number of pyridine rings is 1. The lowest BCUT2D eigenvalue weighted by Gasteiger charge is -2.50. The van der Waals surface area contributed by atoms with E-state index >= 15 is 0 Å². The summed E-state index contributed by atoms with van der Waals surface area (Å²) in [6, 6.07) is 9.67. The van der Waals surface area contributed by atoms with Crippen LogP contribution in [0.5, 0.6) is 0 Å². The second-order valence-corrected chi connectivity index (χ2v) is 7.35. The average Bonchev–Trinajstić information content (AvgIpc) is 2.71. The Labute approximate surface area is 154 Å². The summed E-state index contributed by atoms with van der Waals surface area (Å²) in [5.41, 5.74) is 1.51. The molecule has 2 saturated heterocycles. The Morgan fingerprint density at radius 3 is 3.15 bits per heavy atom. The minimum absolute atomic E-state index is 0.0784. The first kappa shape index (κ1) is 17.4. The van der Waals surface area contributed by atoms with E-state index in [0.717, 1.165) is 48.9 Å². The number of amides is 1. The van der Waals surface area contributed by atoms with E-state index in [0.29, 0.717) is 19.8 Å². The Kier molecular flexibility index (Phi) is 4.92. The van der Waals surface area contributed by atoms with E-state index in [1.807, 2.05) is 42.2 Å². The molecule has 26 heavy (non-hydrogen) atoms. The van der Waals surface area contributed by atoms with Gasteiger partial charge < -0.3 is 14.4 Å². The number of benzene rings is 1. The van der Waals surface area contributed by atoms with Crippen LogP contribution in [0, 0.1) is 5.41 Å². The number of ether oxygens (including phenoxy) is 2. The van der Waals surface area contributed by atoms with Crippen molar-refractivity contribution < 1.29 is 14.3 Å². The van der Waals surface area contributed by atoms with Crippen LogP contribution in [-0.4, -0.2) is 54.8 Å². The molecule has 138 valence electrons. The van der Waals surface area contributed by atoms with Crippen molar-refractivity contribution in [2.75, 3.05) is 32.9 Å². The molecule has 5 nitrogen and oxygen atoms in total. The first-order valence-corrected chi connectivity index (χ1v) is 9.56. The topological polar surface area (TPSA) is 51.7 Å². The highest BCUT2D eigenvalue weighted by Crippen LogP contribution is 2.41. The molecule has 0 unspecified atom stereocenters. The fraction of sp³-hybridized carbons (Fsp3) is 0.524. The third-order valence-electron chi connectivity index (χ3n) is 5.75. The van der Waals surface area contributed by atoms with Crippen LogP contribution in [0.15, 0.2) is 36.5 Å². The number of aromatic nitrogens is 1. The van der Waals surface area contributed by atoms with Gasteiger partial charge in [0.05, 0.1) is 23.8 Å². The predicted octanol–water partition coefficient (Wildman–Crippen LogP) is 3.28. The highest BCUT2D eigenvalue weighted by molar-refractivity contribution is 6.06. The fourth-order valence-electron chi connectivity index (χ4n) is 4.43. The summed E-state index contributed by atoms with van der Waals surface area (Å²) in [5.74, 6) is 0.0866. The van der Waals surface area contributed by atoms with Crippen molar-refractivity contribution in [2.45, 2.75) is 32.3 Å². The van der Waals surface area contributed by atoms with Crippen molar-refractivity contribution in [1.82, 2.24) is 9.88 Å². The van der Waals surface area contributed by atoms with Crippen molar-refractivity contribution in [3.63, 3.8) is 0 Å². The Morgan fingerprint density at radius 1 is 1.38 bits per heavy atom. The number of piperidine rings is 1. The molecule has 1 aromatic heterocycles. The number of hydrogen-bond acceptors (Lipinski definition) is 4. The van der Waals surface area contributed by atoms with Gasteiger partial charge in [0.15, 0.2) is 0 Å². The molecule has 0 saturated carbocycles. The summed E-state index contributed by atoms with van der Waals surface area (Å²) in [4.78, 5) is 19.7. The van der Waals surface area contributed by atoms with Crippen LogP contribution >= 0.6 is 0 Å². The molecule has 0 aliphatic carbocycles. The maximum atomic E-state index is 13.3. The molecule has 0 N–H and O–H groups in total. The molecule has 3 heterocycles. The van der Waals surface area contributed by atoms with E-state index in [1.165, 1.54) is 0 Å². The summed E-state index contributed by atoms with van der Waals surface area (Å²) >= 11 is 0. The second-order valence-electron chi connectivity index (χ2n) is 7.35. The maximum absolute atomic E-state index is 13.3. The highest BCUT2D eigenvalue weighted by Gasteiger charge is 2.47. The summed E-state index contributed by atoms with van der Waals surface area (Å²) < 4.78 is 11.9. The van der Waals surface area contributed by atoms with Crippen LogP contribution in [0.25, 0.3) is 10.9 Å². The molecule has 0 spiro atoms. The van der Waals surface area contributed by atoms with Crippen LogP contribution in [0.2, 0.25) is 0 Å². The number of carbonyl (C=O) groups is 1. The minimum atomic E-state index is -0.0784. The van der Waals surface area contributed by atoms with Gasteiger partial charge in [-0.2, -0.15) is 0 Å². The largest absolute Gasteiger partial charge is 0.381 e. The van der Waals surface area contributed by atoms with Gasteiger partial charge in [0, 0.05) is 43.3 Å². The van der Waals surface area contributed by atoms with E-state index < -0.39 is 0 Å². The number of para-hydroxylation sites is 1. The van der Waals surface area contributed by atoms with E-state index in [4.69, 9.17) is 9.47 Å². The number of rotatable bonds is 4. The van der Waals surface area contributed by atoms with E-state index in [9.17, 15) is 4.79 Å². The number of carbonyl (C=O) groups excluding carboxylic acids is 1. The van der Waals surface area contributed by atoms with Gasteiger partial charge in [-0.25, -0.2) is 0 Å². The Balaban J connectivity index is 1.62. The standard InChI is InChI=1S/C21H26N2O3/c1-2-25-15-21-10-5-13-26-19(21)9-12-23(14-21)20(24)17-8-11-22-18-7-4-3-6-16(17)18/h3-4,6-8,11,19H,2,5,9-10,12-15H2,1H3/t19-,21-/m0/s1. The third kappa shape index (κ3) is 3.10. The summed E-state index contributed by atoms with van der Waals surface area (Å²) in [6.45, 7) is 5.62. The molecule has 1 amide bonds. The van der Waals surface area contributed by atoms with Gasteiger partial charge >= 0.3 is 0 Å². The van der Waals surface area contributed by atoms with Crippen molar-refractivity contribution >= 4 is 16.8 Å². The quantitative estimate of drug-likeness (QED) is 0.845. The van der Waals surface area contributed by atoms with E-state index in [-0.39, 0.29) is 17.4 Å². The highest BCUT2D eigenvalue weighted by atomic mass is 16.5. The van der Waals surface area contributed by atoms with Crippen LogP contribution in [0.4, 0.5) is 0 Å². The Bertz CT molecular complexity index is 788. The van der Waals surface area contributed by atoms with Crippen LogP contribution in [0.3, 0.4) is 0 Å². The van der Waals surface area contributed by atoms with Crippen LogP contribution < -0.4 is 0 Å². The molecule has 2 aromatic rings. The average molecular weight is 354 g/mol. The van der Waals surface area contributed by atoms with E-state index in [2.05, 4.69) is 4.98 Å². The molecule has 2 atom stereocenters. The van der Waals surface area contributed by atoms with Gasteiger partial charge in [-0.05, 0) is 38.3 Å². The van der Waals surface area contributed by atoms with Crippen molar-refractivity contribution in [3.05, 3.63) is 42.1 Å². The molecule has 1 aromatic carbocycles. The van der Waals surface area contributed by atoms with Crippen molar-refractivity contribution in [1.29, 1.82) is 0 Å². The second kappa shape index (κ2) is 7.33. The molecule has 2 fully saturated rings. The lowest BCUT2D eigenvalue weighted by Crippen LogP contribution is -2.58. The van der Waals surface area contributed by atoms with Gasteiger partial charge in [0.1, 0.15) is 0 Å². The molecule has 5 heteroatoms. The van der Waals surface area contributed by atoms with Gasteiger partial charge in [-0.3, -0.25) is 9.78 Å². The molecule has 0 radical (unpaired) electrons. The number of hydrogen-bond donors (Lipinski definition) is 0. The lowest BCUT2D eigenvalue weighted by atomic mass is 9.73. The number of likely N-dealkylation sites (tertiary alicyclic amines) is 1. The number of fused-ring (bicyclic) bond motifs is 2. The zero-order chi connectivity index (χ0) is 18.0. The molecule has 2 aliphatic rings. The molecule has 2 aliphatic heterocycles. The SMILES string of the molecule is CCOC[C@@]12CCCO[C@H]1CCN(C(=O)c1ccnc3ccccc13)C2. The normalized spacial score (nSPS) is 25.9. The fourth-order valence-corrected chi connectivity index (χ4v) is 4.43. The number of nitrogens with zero attached hydrogens (tertiary/aromatic N) is 2. The van der Waals surface area contributed by atoms with Crippen LogP contribution in [-0.2, 0) is 9.47 Å². The molecule has 0 bridgehead atoms. The van der Waals surface area contributed by atoms with Crippen molar-refractivity contribution in [3.8, 4) is 0 Å². The summed E-state index contributed by atoms with van der Waals surface area (Å²) in [5, 5.41) is 0.917. The van der Waals surface area contributed by atoms with Gasteiger partial charge in [-0.1, -0.05) is 18.2 Å². The predicted molar refractivity (Wildman–Crippen MR) is 100 cm³/mol. The monoisotopic (exact) mass is 354 g/mol. The smallest absolute Gasteiger partial charge is 0.254 e. The molecular formula is C21H26N2O3. The van der Waals surface area contributed by atoms with Crippen LogP contribution in [0.1, 0.15) is 36.5 Å². The van der Waals surface area contributed by atoms with Gasteiger partial charge in [0.2, 0.25) is 0 Å². The minimum Gasteiger partial charge on any atom is -0.381 e. The zero-order valence-corrected chi connectivity index (χ0v) is 15.3. The van der Waals surface area contributed by atoms with Gasteiger partial charge in [0.25, 0.3) is 5.91 Å². The Hall–Kier alpha value is -1.98. The van der Waals surface area contributed by atoms with Gasteiger partial charge in [-0.15, -0.1) is 0 Å². The zero-order valence-electron chi connectivity index (χ0n) is 15.3.